The van der Waals surface area contributed by atoms with Crippen molar-refractivity contribution in [3.63, 3.8) is 0 Å². The Morgan fingerprint density at radius 1 is 1.00 bits per heavy atom. The number of aryl methyl sites for hydroxylation is 2. The number of thioether (sulfide) groups is 1. The number of urea groups is 1. The first kappa shape index (κ1) is 24.1. The summed E-state index contributed by atoms with van der Waals surface area (Å²) < 4.78 is 0. The standard InChI is InChI=1S/C27H31N3O3S/c1-15(2)20-8-10-21(11-9-20)28-23(31)14-29-26-24(18(5)19(6)34-26)25(32)30(27(29)33)22-12-7-16(3)17(4)13-22/h7-13,15,24,26H,14H2,1-6H3,(H,28,31). The third-order valence-electron chi connectivity index (χ3n) is 6.76. The average Bonchev–Trinajstić information content (AvgIpc) is 3.08. The highest BCUT2D eigenvalue weighted by molar-refractivity contribution is 8.03. The Balaban J connectivity index is 1.61. The zero-order valence-electron chi connectivity index (χ0n) is 20.5. The Morgan fingerprint density at radius 2 is 1.68 bits per heavy atom. The number of imide groups is 1. The Kier molecular flexibility index (Phi) is 6.58. The number of anilines is 2. The molecule has 178 valence electrons. The van der Waals surface area contributed by atoms with E-state index in [0.717, 1.165) is 21.6 Å². The van der Waals surface area contributed by atoms with E-state index in [9.17, 15) is 14.4 Å². The fraction of sp³-hybridized carbons (Fsp3) is 0.370. The Labute approximate surface area is 205 Å². The number of nitrogens with one attached hydrogen (secondary N) is 1. The topological polar surface area (TPSA) is 69.7 Å². The predicted octanol–water partition coefficient (Wildman–Crippen LogP) is 5.82. The maximum Gasteiger partial charge on any atom is 0.332 e. The third kappa shape index (κ3) is 4.37. The SMILES string of the molecule is CC1=C(C)C2C(=O)N(c3ccc(C)c(C)c3)C(=O)N(CC(=O)Nc3ccc(C(C)C)cc3)C2S1. The molecule has 2 aliphatic rings. The van der Waals surface area contributed by atoms with Gasteiger partial charge in [0.15, 0.2) is 0 Å². The van der Waals surface area contributed by atoms with E-state index in [1.54, 1.807) is 6.07 Å². The van der Waals surface area contributed by atoms with Crippen molar-refractivity contribution in [2.45, 2.75) is 52.8 Å². The molecule has 1 saturated heterocycles. The highest BCUT2D eigenvalue weighted by Gasteiger charge is 2.51. The number of benzene rings is 2. The molecule has 6 nitrogen and oxygen atoms in total. The van der Waals surface area contributed by atoms with Gasteiger partial charge in [0.05, 0.1) is 17.0 Å². The molecule has 34 heavy (non-hydrogen) atoms. The van der Waals surface area contributed by atoms with Crippen LogP contribution in [0.15, 0.2) is 52.9 Å². The number of hydrogen-bond donors (Lipinski definition) is 1. The molecule has 2 heterocycles. The first-order valence-electron chi connectivity index (χ1n) is 11.5. The van der Waals surface area contributed by atoms with Gasteiger partial charge in [0.25, 0.3) is 0 Å². The Bertz CT molecular complexity index is 1190. The highest BCUT2D eigenvalue weighted by Crippen LogP contribution is 2.47. The number of nitrogens with zero attached hydrogens (tertiary/aromatic N) is 2. The monoisotopic (exact) mass is 477 g/mol. The maximum atomic E-state index is 13.6. The zero-order chi connectivity index (χ0) is 24.7. The van der Waals surface area contributed by atoms with Gasteiger partial charge in [-0.05, 0) is 85.0 Å². The van der Waals surface area contributed by atoms with Gasteiger partial charge < -0.3 is 10.2 Å². The summed E-state index contributed by atoms with van der Waals surface area (Å²) in [5.41, 5.74) is 5.45. The number of carbonyl (C=O) groups is 3. The van der Waals surface area contributed by atoms with Crippen molar-refractivity contribution in [3.8, 4) is 0 Å². The van der Waals surface area contributed by atoms with Gasteiger partial charge in [0.2, 0.25) is 11.8 Å². The van der Waals surface area contributed by atoms with Crippen molar-refractivity contribution in [1.82, 2.24) is 4.90 Å². The number of rotatable bonds is 5. The molecule has 0 radical (unpaired) electrons. The highest BCUT2D eigenvalue weighted by atomic mass is 32.2. The number of allylic oxidation sites excluding steroid dienone is 1. The van der Waals surface area contributed by atoms with E-state index in [2.05, 4.69) is 19.2 Å². The summed E-state index contributed by atoms with van der Waals surface area (Å²) >= 11 is 1.49. The van der Waals surface area contributed by atoms with E-state index >= 15 is 0 Å². The van der Waals surface area contributed by atoms with Gasteiger partial charge in [-0.2, -0.15) is 0 Å². The van der Waals surface area contributed by atoms with Crippen LogP contribution in [0.1, 0.15) is 50.3 Å². The first-order valence-corrected chi connectivity index (χ1v) is 12.4. The summed E-state index contributed by atoms with van der Waals surface area (Å²) in [6, 6.07) is 12.8. The van der Waals surface area contributed by atoms with Crippen LogP contribution in [0.4, 0.5) is 16.2 Å². The largest absolute Gasteiger partial charge is 0.332 e. The molecular weight excluding hydrogens is 446 g/mol. The summed E-state index contributed by atoms with van der Waals surface area (Å²) in [6.45, 7) is 11.9. The second-order valence-electron chi connectivity index (χ2n) is 9.40. The van der Waals surface area contributed by atoms with Crippen LogP contribution in [0.3, 0.4) is 0 Å². The fourth-order valence-electron chi connectivity index (χ4n) is 4.36. The van der Waals surface area contributed by atoms with Crippen LogP contribution in [0.5, 0.6) is 0 Å². The molecule has 0 aromatic heterocycles. The number of fused-ring (bicyclic) bond motifs is 1. The average molecular weight is 478 g/mol. The van der Waals surface area contributed by atoms with E-state index in [1.807, 2.05) is 64.1 Å². The van der Waals surface area contributed by atoms with Gasteiger partial charge in [0, 0.05) is 5.69 Å². The van der Waals surface area contributed by atoms with E-state index in [4.69, 9.17) is 0 Å². The van der Waals surface area contributed by atoms with E-state index in [0.29, 0.717) is 17.3 Å². The molecule has 1 fully saturated rings. The van der Waals surface area contributed by atoms with Crippen LogP contribution in [0, 0.1) is 19.8 Å². The summed E-state index contributed by atoms with van der Waals surface area (Å²) in [5.74, 6) is -0.593. The number of amides is 4. The number of carbonyl (C=O) groups excluding carboxylic acids is 3. The molecule has 4 amide bonds. The van der Waals surface area contributed by atoms with Crippen LogP contribution in [-0.2, 0) is 9.59 Å². The molecular formula is C27H31N3O3S. The summed E-state index contributed by atoms with van der Waals surface area (Å²) in [7, 11) is 0. The lowest BCUT2D eigenvalue weighted by Crippen LogP contribution is -2.61. The molecule has 0 spiro atoms. The molecule has 2 unspecified atom stereocenters. The minimum Gasteiger partial charge on any atom is -0.325 e. The molecule has 0 saturated carbocycles. The van der Waals surface area contributed by atoms with E-state index in [1.165, 1.54) is 27.1 Å². The van der Waals surface area contributed by atoms with Gasteiger partial charge in [-0.1, -0.05) is 32.0 Å². The molecule has 1 N–H and O–H groups in total. The van der Waals surface area contributed by atoms with E-state index in [-0.39, 0.29) is 18.4 Å². The van der Waals surface area contributed by atoms with Gasteiger partial charge >= 0.3 is 6.03 Å². The van der Waals surface area contributed by atoms with Crippen molar-refractivity contribution in [2.24, 2.45) is 5.92 Å². The molecule has 2 aromatic rings. The van der Waals surface area contributed by atoms with Gasteiger partial charge in [-0.15, -0.1) is 11.8 Å². The lowest BCUT2D eigenvalue weighted by Gasteiger charge is -2.41. The van der Waals surface area contributed by atoms with Crippen molar-refractivity contribution in [2.75, 3.05) is 16.8 Å². The molecule has 2 atom stereocenters. The van der Waals surface area contributed by atoms with Crippen LogP contribution in [-0.4, -0.2) is 34.7 Å². The van der Waals surface area contributed by atoms with Gasteiger partial charge in [-0.3, -0.25) is 9.59 Å². The van der Waals surface area contributed by atoms with Crippen LogP contribution < -0.4 is 10.2 Å². The molecule has 2 aliphatic heterocycles. The van der Waals surface area contributed by atoms with Crippen molar-refractivity contribution in [1.29, 1.82) is 0 Å². The second kappa shape index (κ2) is 9.29. The Hall–Kier alpha value is -3.06. The first-order chi connectivity index (χ1) is 16.1. The summed E-state index contributed by atoms with van der Waals surface area (Å²) in [6.07, 6.45) is 0. The fourth-order valence-corrected chi connectivity index (χ4v) is 5.79. The van der Waals surface area contributed by atoms with Crippen molar-refractivity contribution < 1.29 is 14.4 Å². The summed E-state index contributed by atoms with van der Waals surface area (Å²) in [4.78, 5) is 43.9. The van der Waals surface area contributed by atoms with Crippen molar-refractivity contribution >= 4 is 41.0 Å². The zero-order valence-corrected chi connectivity index (χ0v) is 21.3. The minimum absolute atomic E-state index is 0.131. The lowest BCUT2D eigenvalue weighted by molar-refractivity contribution is -0.124. The quantitative estimate of drug-likeness (QED) is 0.589. The normalized spacial score (nSPS) is 20.3. The van der Waals surface area contributed by atoms with E-state index < -0.39 is 17.3 Å². The smallest absolute Gasteiger partial charge is 0.325 e. The molecule has 0 bridgehead atoms. The maximum absolute atomic E-state index is 13.6. The lowest BCUT2D eigenvalue weighted by atomic mass is 9.95. The van der Waals surface area contributed by atoms with Crippen LogP contribution in [0.25, 0.3) is 0 Å². The minimum atomic E-state index is -0.470. The molecule has 7 heteroatoms. The molecule has 2 aromatic carbocycles. The summed E-state index contributed by atoms with van der Waals surface area (Å²) in [5, 5.41) is 2.48. The van der Waals surface area contributed by atoms with Crippen LogP contribution in [0.2, 0.25) is 0 Å². The van der Waals surface area contributed by atoms with Gasteiger partial charge in [-0.25, -0.2) is 9.69 Å². The number of hydrogen-bond acceptors (Lipinski definition) is 4. The van der Waals surface area contributed by atoms with Gasteiger partial charge in [0.1, 0.15) is 6.54 Å². The molecule has 4 rings (SSSR count). The second-order valence-corrected chi connectivity index (χ2v) is 10.7. The predicted molar refractivity (Wildman–Crippen MR) is 138 cm³/mol. The van der Waals surface area contributed by atoms with Crippen LogP contribution >= 0.6 is 11.8 Å². The molecule has 0 aliphatic carbocycles. The Morgan fingerprint density at radius 3 is 2.29 bits per heavy atom. The van der Waals surface area contributed by atoms with Crippen molar-refractivity contribution in [3.05, 3.63) is 69.6 Å². The third-order valence-corrected chi connectivity index (χ3v) is 8.20.